The summed E-state index contributed by atoms with van der Waals surface area (Å²) in [6, 6.07) is 0.171. The van der Waals surface area contributed by atoms with E-state index in [1.807, 2.05) is 13.8 Å². The molecule has 0 aromatic heterocycles. The van der Waals surface area contributed by atoms with Gasteiger partial charge >= 0.3 is 6.03 Å². The summed E-state index contributed by atoms with van der Waals surface area (Å²) in [7, 11) is 0. The summed E-state index contributed by atoms with van der Waals surface area (Å²) >= 11 is 0. The Balaban J connectivity index is 2.44. The number of aliphatic hydroxyl groups is 1. The average Bonchev–Trinajstić information content (AvgIpc) is 2.41. The van der Waals surface area contributed by atoms with Crippen molar-refractivity contribution in [1.82, 2.24) is 10.6 Å². The monoisotopic (exact) mass is 228 g/mol. The normalized spacial score (nSPS) is 26.2. The van der Waals surface area contributed by atoms with E-state index in [2.05, 4.69) is 10.6 Å². The number of carbonyl (C=O) groups excluding carboxylic acids is 1. The van der Waals surface area contributed by atoms with Crippen molar-refractivity contribution in [2.75, 3.05) is 6.61 Å². The highest BCUT2D eigenvalue weighted by atomic mass is 16.3. The molecule has 0 aromatic rings. The molecule has 0 aromatic carbocycles. The van der Waals surface area contributed by atoms with Gasteiger partial charge in [-0.15, -0.1) is 0 Å². The predicted molar refractivity (Wildman–Crippen MR) is 64.3 cm³/mol. The Bertz CT molecular complexity index is 219. The molecule has 1 rings (SSSR count). The first-order valence-corrected chi connectivity index (χ1v) is 6.31. The molecule has 0 saturated heterocycles. The van der Waals surface area contributed by atoms with Crippen molar-refractivity contribution in [1.29, 1.82) is 0 Å². The maximum absolute atomic E-state index is 11.6. The van der Waals surface area contributed by atoms with Gasteiger partial charge in [-0.1, -0.05) is 19.3 Å². The molecule has 4 heteroatoms. The number of urea groups is 1. The van der Waals surface area contributed by atoms with Crippen LogP contribution in [-0.4, -0.2) is 29.8 Å². The average molecular weight is 228 g/mol. The predicted octanol–water partition coefficient (Wildman–Crippen LogP) is 1.64. The second-order valence-corrected chi connectivity index (χ2v) is 4.96. The molecular weight excluding hydrogens is 204 g/mol. The van der Waals surface area contributed by atoms with E-state index in [1.54, 1.807) is 0 Å². The molecule has 1 fully saturated rings. The van der Waals surface area contributed by atoms with Crippen LogP contribution in [0.5, 0.6) is 0 Å². The molecule has 4 nitrogen and oxygen atoms in total. The van der Waals surface area contributed by atoms with Gasteiger partial charge in [0.25, 0.3) is 0 Å². The molecule has 2 unspecified atom stereocenters. The van der Waals surface area contributed by atoms with E-state index >= 15 is 0 Å². The molecule has 16 heavy (non-hydrogen) atoms. The van der Waals surface area contributed by atoms with Gasteiger partial charge in [0, 0.05) is 24.6 Å². The van der Waals surface area contributed by atoms with Gasteiger partial charge in [-0.3, -0.25) is 0 Å². The van der Waals surface area contributed by atoms with Gasteiger partial charge in [-0.25, -0.2) is 4.79 Å². The molecule has 1 saturated carbocycles. The summed E-state index contributed by atoms with van der Waals surface area (Å²) in [5, 5.41) is 15.1. The third kappa shape index (κ3) is 4.39. The van der Waals surface area contributed by atoms with Crippen LogP contribution in [0.25, 0.3) is 0 Å². The van der Waals surface area contributed by atoms with Crippen molar-refractivity contribution in [3.05, 3.63) is 0 Å². The minimum absolute atomic E-state index is 0.111. The van der Waals surface area contributed by atoms with Gasteiger partial charge < -0.3 is 15.7 Å². The summed E-state index contributed by atoms with van der Waals surface area (Å²) in [6.45, 7) is 4.05. The van der Waals surface area contributed by atoms with E-state index in [0.29, 0.717) is 0 Å². The first-order chi connectivity index (χ1) is 7.63. The summed E-state index contributed by atoms with van der Waals surface area (Å²) in [6.07, 6.45) is 5.51. The summed E-state index contributed by atoms with van der Waals surface area (Å²) in [5.74, 6) is 0.223. The second-order valence-electron chi connectivity index (χ2n) is 4.96. The highest BCUT2D eigenvalue weighted by Gasteiger charge is 2.24. The van der Waals surface area contributed by atoms with E-state index in [-0.39, 0.29) is 30.6 Å². The van der Waals surface area contributed by atoms with Crippen LogP contribution in [0, 0.1) is 5.92 Å². The van der Waals surface area contributed by atoms with Crippen molar-refractivity contribution in [2.45, 2.75) is 58.0 Å². The van der Waals surface area contributed by atoms with E-state index in [9.17, 15) is 9.90 Å². The SMILES string of the molecule is CC(C)NC(=O)NC1CCCCCC1CO. The third-order valence-corrected chi connectivity index (χ3v) is 3.13. The third-order valence-electron chi connectivity index (χ3n) is 3.13. The number of aliphatic hydroxyl groups excluding tert-OH is 1. The van der Waals surface area contributed by atoms with Crippen LogP contribution >= 0.6 is 0 Å². The molecule has 0 aliphatic heterocycles. The molecule has 2 amide bonds. The second kappa shape index (κ2) is 6.74. The van der Waals surface area contributed by atoms with Crippen molar-refractivity contribution in [3.8, 4) is 0 Å². The minimum Gasteiger partial charge on any atom is -0.396 e. The molecule has 1 aliphatic rings. The lowest BCUT2D eigenvalue weighted by Gasteiger charge is -2.25. The molecule has 0 spiro atoms. The zero-order chi connectivity index (χ0) is 12.0. The largest absolute Gasteiger partial charge is 0.396 e. The van der Waals surface area contributed by atoms with Crippen LogP contribution in [0.15, 0.2) is 0 Å². The van der Waals surface area contributed by atoms with Gasteiger partial charge in [-0.05, 0) is 26.7 Å². The number of amides is 2. The topological polar surface area (TPSA) is 61.4 Å². The maximum Gasteiger partial charge on any atom is 0.315 e. The Labute approximate surface area is 97.8 Å². The van der Waals surface area contributed by atoms with E-state index in [1.165, 1.54) is 6.42 Å². The summed E-state index contributed by atoms with van der Waals surface area (Å²) < 4.78 is 0. The van der Waals surface area contributed by atoms with Crippen LogP contribution < -0.4 is 10.6 Å². The van der Waals surface area contributed by atoms with Crippen molar-refractivity contribution >= 4 is 6.03 Å². The van der Waals surface area contributed by atoms with Crippen molar-refractivity contribution in [2.24, 2.45) is 5.92 Å². The van der Waals surface area contributed by atoms with Crippen molar-refractivity contribution in [3.63, 3.8) is 0 Å². The van der Waals surface area contributed by atoms with Gasteiger partial charge in [0.05, 0.1) is 0 Å². The molecule has 0 heterocycles. The lowest BCUT2D eigenvalue weighted by atomic mass is 9.96. The lowest BCUT2D eigenvalue weighted by molar-refractivity contribution is 0.178. The van der Waals surface area contributed by atoms with E-state index in [0.717, 1.165) is 25.7 Å². The standard InChI is InChI=1S/C12H24N2O2/c1-9(2)13-12(16)14-11-7-5-3-4-6-10(11)8-15/h9-11,15H,3-8H2,1-2H3,(H2,13,14,16). The molecule has 94 valence electrons. The number of rotatable bonds is 3. The van der Waals surface area contributed by atoms with Gasteiger partial charge in [0.2, 0.25) is 0 Å². The van der Waals surface area contributed by atoms with Crippen LogP contribution in [-0.2, 0) is 0 Å². The van der Waals surface area contributed by atoms with E-state index in [4.69, 9.17) is 0 Å². The smallest absolute Gasteiger partial charge is 0.315 e. The highest BCUT2D eigenvalue weighted by Crippen LogP contribution is 2.23. The van der Waals surface area contributed by atoms with Crippen LogP contribution in [0.3, 0.4) is 0 Å². The van der Waals surface area contributed by atoms with Crippen LogP contribution in [0.1, 0.15) is 46.0 Å². The first-order valence-electron chi connectivity index (χ1n) is 6.31. The fourth-order valence-corrected chi connectivity index (χ4v) is 2.27. The number of hydrogen-bond acceptors (Lipinski definition) is 2. The summed E-state index contributed by atoms with van der Waals surface area (Å²) in [5.41, 5.74) is 0. The van der Waals surface area contributed by atoms with Gasteiger partial charge in [-0.2, -0.15) is 0 Å². The Kier molecular flexibility index (Phi) is 5.60. The Morgan fingerprint density at radius 3 is 2.62 bits per heavy atom. The Morgan fingerprint density at radius 1 is 1.31 bits per heavy atom. The number of nitrogens with one attached hydrogen (secondary N) is 2. The maximum atomic E-state index is 11.6. The lowest BCUT2D eigenvalue weighted by Crippen LogP contribution is -2.47. The number of carbonyl (C=O) groups is 1. The fraction of sp³-hybridized carbons (Fsp3) is 0.917. The van der Waals surface area contributed by atoms with Crippen LogP contribution in [0.2, 0.25) is 0 Å². The quantitative estimate of drug-likeness (QED) is 0.643. The molecule has 0 radical (unpaired) electrons. The van der Waals surface area contributed by atoms with Crippen LogP contribution in [0.4, 0.5) is 4.79 Å². The molecule has 2 atom stereocenters. The fourth-order valence-electron chi connectivity index (χ4n) is 2.27. The van der Waals surface area contributed by atoms with Crippen molar-refractivity contribution < 1.29 is 9.90 Å². The number of hydrogen-bond donors (Lipinski definition) is 3. The highest BCUT2D eigenvalue weighted by molar-refractivity contribution is 5.74. The first kappa shape index (κ1) is 13.3. The molecule has 3 N–H and O–H groups in total. The molecule has 1 aliphatic carbocycles. The van der Waals surface area contributed by atoms with E-state index < -0.39 is 0 Å². The molecular formula is C12H24N2O2. The zero-order valence-electron chi connectivity index (χ0n) is 10.3. The summed E-state index contributed by atoms with van der Waals surface area (Å²) in [4.78, 5) is 11.6. The van der Waals surface area contributed by atoms with Gasteiger partial charge in [0.15, 0.2) is 0 Å². The zero-order valence-corrected chi connectivity index (χ0v) is 10.3. The van der Waals surface area contributed by atoms with Gasteiger partial charge in [0.1, 0.15) is 0 Å². The Hall–Kier alpha value is -0.770. The minimum atomic E-state index is -0.111. The Morgan fingerprint density at radius 2 is 2.00 bits per heavy atom. The molecule has 0 bridgehead atoms.